The summed E-state index contributed by atoms with van der Waals surface area (Å²) in [4.78, 5) is 25.9. The normalized spacial score (nSPS) is 11.4. The van der Waals surface area contributed by atoms with E-state index in [9.17, 15) is 9.59 Å². The summed E-state index contributed by atoms with van der Waals surface area (Å²) in [6.45, 7) is 1.78. The molecule has 0 bridgehead atoms. The van der Waals surface area contributed by atoms with Crippen LogP contribution in [-0.2, 0) is 0 Å². The van der Waals surface area contributed by atoms with Gasteiger partial charge in [-0.2, -0.15) is 14.9 Å². The second-order valence-corrected chi connectivity index (χ2v) is 6.82. The molecule has 1 aromatic heterocycles. The quantitative estimate of drug-likeness (QED) is 0.401. The molecule has 31 heavy (non-hydrogen) atoms. The van der Waals surface area contributed by atoms with Crippen molar-refractivity contribution >= 4 is 22.4 Å². The lowest BCUT2D eigenvalue weighted by Crippen LogP contribution is -2.28. The van der Waals surface area contributed by atoms with Gasteiger partial charge >= 0.3 is 0 Å². The van der Waals surface area contributed by atoms with Gasteiger partial charge in [-0.25, -0.2) is 5.43 Å². The number of aromatic nitrogens is 2. The molecule has 1 amide bonds. The minimum atomic E-state index is -0.511. The number of hydrogen-bond acceptors (Lipinski definition) is 5. The summed E-state index contributed by atoms with van der Waals surface area (Å²) < 4.78 is 6.46. The second-order valence-electron chi connectivity index (χ2n) is 6.82. The van der Waals surface area contributed by atoms with Crippen LogP contribution in [0.2, 0.25) is 0 Å². The summed E-state index contributed by atoms with van der Waals surface area (Å²) in [6.07, 6.45) is 0. The van der Waals surface area contributed by atoms with E-state index in [-0.39, 0.29) is 11.3 Å². The summed E-state index contributed by atoms with van der Waals surface area (Å²) in [6, 6.07) is 23.3. The molecule has 154 valence electrons. The third-order valence-corrected chi connectivity index (χ3v) is 4.83. The number of fused-ring (bicyclic) bond motifs is 1. The number of para-hydroxylation sites is 1. The van der Waals surface area contributed by atoms with E-state index >= 15 is 0 Å². The Hall–Kier alpha value is -4.26. The number of ether oxygens (including phenoxy) is 1. The Morgan fingerprint density at radius 1 is 0.968 bits per heavy atom. The average Bonchev–Trinajstić information content (AvgIpc) is 2.83. The summed E-state index contributed by atoms with van der Waals surface area (Å²) in [5.41, 5.74) is 4.36. The van der Waals surface area contributed by atoms with E-state index in [4.69, 9.17) is 4.74 Å². The Bertz CT molecular complexity index is 1340. The van der Waals surface area contributed by atoms with E-state index in [0.29, 0.717) is 27.9 Å². The van der Waals surface area contributed by atoms with Gasteiger partial charge in [0.15, 0.2) is 5.69 Å². The first-order valence-corrected chi connectivity index (χ1v) is 9.65. The molecule has 1 N–H and O–H groups in total. The number of hydrogen-bond donors (Lipinski definition) is 1. The predicted molar refractivity (Wildman–Crippen MR) is 120 cm³/mol. The van der Waals surface area contributed by atoms with Gasteiger partial charge < -0.3 is 4.74 Å². The van der Waals surface area contributed by atoms with E-state index in [2.05, 4.69) is 15.6 Å². The van der Waals surface area contributed by atoms with Crippen molar-refractivity contribution in [3.8, 4) is 11.4 Å². The van der Waals surface area contributed by atoms with Crippen LogP contribution >= 0.6 is 0 Å². The Morgan fingerprint density at radius 2 is 1.68 bits per heavy atom. The van der Waals surface area contributed by atoms with Gasteiger partial charge in [0.25, 0.3) is 11.5 Å². The van der Waals surface area contributed by atoms with Crippen LogP contribution in [0.25, 0.3) is 16.5 Å². The molecule has 4 rings (SSSR count). The summed E-state index contributed by atoms with van der Waals surface area (Å²) >= 11 is 0. The lowest BCUT2D eigenvalue weighted by atomic mass is 10.1. The minimum absolute atomic E-state index is 0.112. The van der Waals surface area contributed by atoms with E-state index < -0.39 is 5.91 Å². The summed E-state index contributed by atoms with van der Waals surface area (Å²) in [7, 11) is 1.59. The molecule has 1 heterocycles. The standard InChI is InChI=1S/C24H20N4O3/c1-16(17-9-8-12-19(15-17)31-2)25-26-23(29)22-20-13-6-7-14-21(20)24(30)28(27-22)18-10-4-3-5-11-18/h3-15H,1-2H3,(H,26,29)/b25-16-. The smallest absolute Gasteiger partial charge is 0.292 e. The molecule has 0 atom stereocenters. The number of benzene rings is 3. The highest BCUT2D eigenvalue weighted by Gasteiger charge is 2.17. The number of methoxy groups -OCH3 is 1. The molecule has 7 heteroatoms. The first-order chi connectivity index (χ1) is 15.1. The highest BCUT2D eigenvalue weighted by atomic mass is 16.5. The first kappa shape index (κ1) is 20.0. The number of hydrazone groups is 1. The van der Waals surface area contributed by atoms with Crippen LogP contribution in [-0.4, -0.2) is 28.5 Å². The Morgan fingerprint density at radius 3 is 2.42 bits per heavy atom. The molecule has 7 nitrogen and oxygen atoms in total. The molecule has 0 aliphatic rings. The fraction of sp³-hybridized carbons (Fsp3) is 0.0833. The maximum Gasteiger partial charge on any atom is 0.292 e. The minimum Gasteiger partial charge on any atom is -0.497 e. The van der Waals surface area contributed by atoms with Crippen molar-refractivity contribution in [3.05, 3.63) is 100 Å². The molecular weight excluding hydrogens is 392 g/mol. The van der Waals surface area contributed by atoms with Crippen molar-refractivity contribution in [3.63, 3.8) is 0 Å². The summed E-state index contributed by atoms with van der Waals surface area (Å²) in [5.74, 6) is 0.184. The molecule has 0 aliphatic heterocycles. The van der Waals surface area contributed by atoms with Crippen molar-refractivity contribution in [1.29, 1.82) is 0 Å². The fourth-order valence-electron chi connectivity index (χ4n) is 3.20. The number of amides is 1. The highest BCUT2D eigenvalue weighted by Crippen LogP contribution is 2.16. The van der Waals surface area contributed by atoms with Gasteiger partial charge in [0.1, 0.15) is 5.75 Å². The van der Waals surface area contributed by atoms with Crippen LogP contribution in [0.5, 0.6) is 5.75 Å². The summed E-state index contributed by atoms with van der Waals surface area (Å²) in [5, 5.41) is 9.43. The molecule has 0 unspecified atom stereocenters. The first-order valence-electron chi connectivity index (χ1n) is 9.65. The lowest BCUT2D eigenvalue weighted by molar-refractivity contribution is 0.0950. The molecule has 0 aliphatic carbocycles. The zero-order valence-electron chi connectivity index (χ0n) is 17.1. The Kier molecular flexibility index (Phi) is 5.57. The maximum atomic E-state index is 13.0. The fourth-order valence-corrected chi connectivity index (χ4v) is 3.20. The zero-order valence-corrected chi connectivity index (χ0v) is 17.1. The number of nitrogens with zero attached hydrogens (tertiary/aromatic N) is 3. The molecular formula is C24H20N4O3. The van der Waals surface area contributed by atoms with Gasteiger partial charge in [-0.1, -0.05) is 48.5 Å². The van der Waals surface area contributed by atoms with Gasteiger partial charge in [-0.05, 0) is 37.3 Å². The van der Waals surface area contributed by atoms with E-state index in [1.54, 1.807) is 62.6 Å². The number of carbonyl (C=O) groups is 1. The number of carbonyl (C=O) groups excluding carboxylic acids is 1. The SMILES string of the molecule is COc1cccc(/C(C)=N\NC(=O)c2nn(-c3ccccc3)c(=O)c3ccccc23)c1. The molecule has 4 aromatic rings. The second kappa shape index (κ2) is 8.62. The van der Waals surface area contributed by atoms with Crippen LogP contribution in [0.3, 0.4) is 0 Å². The van der Waals surface area contributed by atoms with Crippen LogP contribution < -0.4 is 15.7 Å². The third-order valence-electron chi connectivity index (χ3n) is 4.83. The average molecular weight is 412 g/mol. The van der Waals surface area contributed by atoms with Crippen molar-refractivity contribution in [2.75, 3.05) is 7.11 Å². The lowest BCUT2D eigenvalue weighted by Gasteiger charge is -2.10. The molecule has 0 saturated carbocycles. The third kappa shape index (κ3) is 4.06. The van der Waals surface area contributed by atoms with E-state index in [1.165, 1.54) is 4.68 Å². The predicted octanol–water partition coefficient (Wildman–Crippen LogP) is 3.55. The number of nitrogens with one attached hydrogen (secondary N) is 1. The van der Waals surface area contributed by atoms with Crippen molar-refractivity contribution in [1.82, 2.24) is 15.2 Å². The zero-order chi connectivity index (χ0) is 21.8. The molecule has 0 fully saturated rings. The van der Waals surface area contributed by atoms with Crippen LogP contribution in [0, 0.1) is 0 Å². The highest BCUT2D eigenvalue weighted by molar-refractivity contribution is 6.06. The Labute approximate surface area is 178 Å². The van der Waals surface area contributed by atoms with Crippen LogP contribution in [0.1, 0.15) is 23.0 Å². The van der Waals surface area contributed by atoms with Crippen molar-refractivity contribution in [2.45, 2.75) is 6.92 Å². The molecule has 3 aromatic carbocycles. The molecule has 0 radical (unpaired) electrons. The monoisotopic (exact) mass is 412 g/mol. The van der Waals surface area contributed by atoms with E-state index in [1.807, 2.05) is 30.3 Å². The van der Waals surface area contributed by atoms with Crippen LogP contribution in [0.4, 0.5) is 0 Å². The molecule has 0 saturated heterocycles. The van der Waals surface area contributed by atoms with E-state index in [0.717, 1.165) is 5.56 Å². The largest absolute Gasteiger partial charge is 0.497 e. The van der Waals surface area contributed by atoms with Gasteiger partial charge in [0, 0.05) is 10.9 Å². The van der Waals surface area contributed by atoms with Crippen molar-refractivity contribution < 1.29 is 9.53 Å². The number of rotatable bonds is 5. The van der Waals surface area contributed by atoms with Crippen molar-refractivity contribution in [2.24, 2.45) is 5.10 Å². The Balaban J connectivity index is 1.74. The van der Waals surface area contributed by atoms with Crippen LogP contribution in [0.15, 0.2) is 88.8 Å². The van der Waals surface area contributed by atoms with Gasteiger partial charge in [-0.3, -0.25) is 9.59 Å². The van der Waals surface area contributed by atoms with Gasteiger partial charge in [-0.15, -0.1) is 0 Å². The van der Waals surface area contributed by atoms with Gasteiger partial charge in [0.05, 0.1) is 23.9 Å². The van der Waals surface area contributed by atoms with Gasteiger partial charge in [0.2, 0.25) is 0 Å². The maximum absolute atomic E-state index is 13.0. The topological polar surface area (TPSA) is 85.6 Å². The molecule has 0 spiro atoms.